The fraction of sp³-hybridized carbons (Fsp3) is 0.308. The van der Waals surface area contributed by atoms with Gasteiger partial charge in [-0.1, -0.05) is 6.07 Å². The van der Waals surface area contributed by atoms with Crippen molar-refractivity contribution in [2.24, 2.45) is 0 Å². The van der Waals surface area contributed by atoms with Crippen molar-refractivity contribution in [1.82, 2.24) is 14.5 Å². The summed E-state index contributed by atoms with van der Waals surface area (Å²) in [5, 5.41) is 6.39. The molecule has 1 aromatic carbocycles. The van der Waals surface area contributed by atoms with E-state index in [1.54, 1.807) is 19.1 Å². The molecule has 0 radical (unpaired) electrons. The monoisotopic (exact) mass is 309 g/mol. The predicted molar refractivity (Wildman–Crippen MR) is 74.5 cm³/mol. The normalized spacial score (nSPS) is 13.9. The van der Waals surface area contributed by atoms with E-state index in [0.717, 1.165) is 5.56 Å². The second-order valence-electron chi connectivity index (χ2n) is 4.81. The van der Waals surface area contributed by atoms with E-state index in [1.165, 1.54) is 17.5 Å². The third-order valence-electron chi connectivity index (χ3n) is 3.31. The Morgan fingerprint density at radius 1 is 1.33 bits per heavy atom. The van der Waals surface area contributed by atoms with E-state index in [-0.39, 0.29) is 18.2 Å². The van der Waals surface area contributed by atoms with Crippen LogP contribution in [-0.4, -0.2) is 36.8 Å². The molecule has 0 fully saturated rings. The average molecular weight is 309 g/mol. The topological polar surface area (TPSA) is 84.5 Å². The highest BCUT2D eigenvalue weighted by atomic mass is 32.2. The molecule has 0 spiro atoms. The highest BCUT2D eigenvalue weighted by molar-refractivity contribution is 7.89. The molecule has 3 rings (SSSR count). The lowest BCUT2D eigenvalue weighted by Gasteiger charge is -2.17. The second-order valence-corrected chi connectivity index (χ2v) is 6.82. The maximum atomic E-state index is 12.5. The van der Waals surface area contributed by atoms with Crippen molar-refractivity contribution in [3.05, 3.63) is 35.7 Å². The zero-order valence-electron chi connectivity index (χ0n) is 11.7. The van der Waals surface area contributed by atoms with Crippen LogP contribution in [0.2, 0.25) is 0 Å². The molecule has 2 aromatic rings. The van der Waals surface area contributed by atoms with Gasteiger partial charge in [0.05, 0.1) is 11.9 Å². The molecule has 1 aliphatic rings. The van der Waals surface area contributed by atoms with Crippen LogP contribution in [0.15, 0.2) is 29.3 Å². The minimum atomic E-state index is -3.57. The van der Waals surface area contributed by atoms with Crippen LogP contribution < -0.4 is 9.47 Å². The number of nitrogens with one attached hydrogen (secondary N) is 1. The summed E-state index contributed by atoms with van der Waals surface area (Å²) in [4.78, 5) is 0.186. The lowest BCUT2D eigenvalue weighted by atomic mass is 10.2. The van der Waals surface area contributed by atoms with Gasteiger partial charge in [-0.05, 0) is 24.6 Å². The number of aryl methyl sites for hydroxylation is 1. The Morgan fingerprint density at radius 3 is 2.81 bits per heavy atom. The van der Waals surface area contributed by atoms with Crippen molar-refractivity contribution < 1.29 is 17.9 Å². The maximum Gasteiger partial charge on any atom is 0.246 e. The van der Waals surface area contributed by atoms with Gasteiger partial charge in [0.15, 0.2) is 11.5 Å². The number of ether oxygens (including phenoxy) is 2. The molecule has 1 aromatic heterocycles. The Bertz CT molecular complexity index is 769. The SMILES string of the molecule is Cc1[nH]ncc1S(=O)(=O)N(C)Cc1ccc2c(c1)OCO2. The molecule has 7 nitrogen and oxygen atoms in total. The summed E-state index contributed by atoms with van der Waals surface area (Å²) in [5.41, 5.74) is 1.35. The third-order valence-corrected chi connectivity index (χ3v) is 5.23. The molecule has 8 heteroatoms. The van der Waals surface area contributed by atoms with E-state index in [2.05, 4.69) is 10.2 Å². The van der Waals surface area contributed by atoms with Gasteiger partial charge in [-0.3, -0.25) is 5.10 Å². The fourth-order valence-electron chi connectivity index (χ4n) is 2.15. The number of aromatic amines is 1. The zero-order valence-corrected chi connectivity index (χ0v) is 12.5. The minimum Gasteiger partial charge on any atom is -0.454 e. The van der Waals surface area contributed by atoms with E-state index >= 15 is 0 Å². The van der Waals surface area contributed by atoms with Crippen LogP contribution in [0.4, 0.5) is 0 Å². The Morgan fingerprint density at radius 2 is 2.10 bits per heavy atom. The fourth-order valence-corrected chi connectivity index (χ4v) is 3.42. The van der Waals surface area contributed by atoms with Gasteiger partial charge >= 0.3 is 0 Å². The third kappa shape index (κ3) is 2.47. The standard InChI is InChI=1S/C13H15N3O4S/c1-9-13(6-14-15-9)21(17,18)16(2)7-10-3-4-11-12(5-10)20-8-19-11/h3-6H,7-8H2,1-2H3,(H,14,15). The van der Waals surface area contributed by atoms with E-state index in [9.17, 15) is 8.42 Å². The number of benzene rings is 1. The quantitative estimate of drug-likeness (QED) is 0.919. The first kappa shape index (κ1) is 13.9. The lowest BCUT2D eigenvalue weighted by molar-refractivity contribution is 0.174. The first-order valence-corrected chi connectivity index (χ1v) is 7.77. The minimum absolute atomic E-state index is 0.186. The van der Waals surface area contributed by atoms with Gasteiger partial charge in [0.1, 0.15) is 4.90 Å². The van der Waals surface area contributed by atoms with E-state index in [1.807, 2.05) is 6.07 Å². The van der Waals surface area contributed by atoms with Gasteiger partial charge in [-0.25, -0.2) is 8.42 Å². The molecule has 1 aliphatic heterocycles. The van der Waals surface area contributed by atoms with Crippen molar-refractivity contribution in [1.29, 1.82) is 0 Å². The van der Waals surface area contributed by atoms with Crippen molar-refractivity contribution in [3.63, 3.8) is 0 Å². The smallest absolute Gasteiger partial charge is 0.246 e. The number of hydrogen-bond donors (Lipinski definition) is 1. The van der Waals surface area contributed by atoms with E-state index in [0.29, 0.717) is 17.2 Å². The molecule has 0 amide bonds. The molecule has 0 aliphatic carbocycles. The predicted octanol–water partition coefficient (Wildman–Crippen LogP) is 1.27. The average Bonchev–Trinajstić information content (AvgIpc) is 3.06. The van der Waals surface area contributed by atoms with Gasteiger partial charge in [0.25, 0.3) is 0 Å². The summed E-state index contributed by atoms with van der Waals surface area (Å²) in [7, 11) is -2.04. The first-order valence-electron chi connectivity index (χ1n) is 6.33. The van der Waals surface area contributed by atoms with Crippen LogP contribution in [0.25, 0.3) is 0 Å². The Hall–Kier alpha value is -2.06. The summed E-state index contributed by atoms with van der Waals surface area (Å²) >= 11 is 0. The molecule has 0 saturated carbocycles. The summed E-state index contributed by atoms with van der Waals surface area (Å²) < 4.78 is 36.7. The van der Waals surface area contributed by atoms with Gasteiger partial charge in [-0.2, -0.15) is 9.40 Å². The summed E-state index contributed by atoms with van der Waals surface area (Å²) in [6.45, 7) is 2.11. The second kappa shape index (κ2) is 5.05. The molecule has 0 saturated heterocycles. The number of rotatable bonds is 4. The van der Waals surface area contributed by atoms with Crippen molar-refractivity contribution >= 4 is 10.0 Å². The summed E-state index contributed by atoms with van der Waals surface area (Å²) in [6, 6.07) is 5.39. The Balaban J connectivity index is 1.83. The van der Waals surface area contributed by atoms with Gasteiger partial charge in [0, 0.05) is 13.6 Å². The maximum absolute atomic E-state index is 12.5. The van der Waals surface area contributed by atoms with Crippen molar-refractivity contribution in [2.75, 3.05) is 13.8 Å². The number of sulfonamides is 1. The van der Waals surface area contributed by atoms with E-state index in [4.69, 9.17) is 9.47 Å². The molecular weight excluding hydrogens is 294 g/mol. The number of aromatic nitrogens is 2. The van der Waals surface area contributed by atoms with Crippen LogP contribution in [0.5, 0.6) is 11.5 Å². The molecule has 0 unspecified atom stereocenters. The molecule has 1 N–H and O–H groups in total. The van der Waals surface area contributed by atoms with Crippen LogP contribution in [-0.2, 0) is 16.6 Å². The van der Waals surface area contributed by atoms with Gasteiger partial charge in [0.2, 0.25) is 16.8 Å². The number of fused-ring (bicyclic) bond motifs is 1. The highest BCUT2D eigenvalue weighted by Gasteiger charge is 2.25. The zero-order chi connectivity index (χ0) is 15.0. The molecule has 112 valence electrons. The highest BCUT2D eigenvalue weighted by Crippen LogP contribution is 2.33. The van der Waals surface area contributed by atoms with Crippen LogP contribution in [0.3, 0.4) is 0 Å². The molecule has 2 heterocycles. The number of H-pyrrole nitrogens is 1. The molecular formula is C13H15N3O4S. The van der Waals surface area contributed by atoms with Gasteiger partial charge < -0.3 is 9.47 Å². The van der Waals surface area contributed by atoms with Crippen LogP contribution >= 0.6 is 0 Å². The lowest BCUT2D eigenvalue weighted by Crippen LogP contribution is -2.26. The molecule has 21 heavy (non-hydrogen) atoms. The Kier molecular flexibility index (Phi) is 3.34. The number of nitrogens with zero attached hydrogens (tertiary/aromatic N) is 2. The largest absolute Gasteiger partial charge is 0.454 e. The van der Waals surface area contributed by atoms with Crippen molar-refractivity contribution in [3.8, 4) is 11.5 Å². The number of hydrogen-bond acceptors (Lipinski definition) is 5. The Labute approximate surface area is 122 Å². The molecule has 0 atom stereocenters. The van der Waals surface area contributed by atoms with Crippen LogP contribution in [0.1, 0.15) is 11.3 Å². The van der Waals surface area contributed by atoms with Gasteiger partial charge in [-0.15, -0.1) is 0 Å². The summed E-state index contributed by atoms with van der Waals surface area (Å²) in [6.07, 6.45) is 1.32. The van der Waals surface area contributed by atoms with Crippen LogP contribution in [0, 0.1) is 6.92 Å². The molecule has 0 bridgehead atoms. The van der Waals surface area contributed by atoms with Crippen molar-refractivity contribution in [2.45, 2.75) is 18.4 Å². The van der Waals surface area contributed by atoms with E-state index < -0.39 is 10.0 Å². The summed E-state index contributed by atoms with van der Waals surface area (Å²) in [5.74, 6) is 1.31. The first-order chi connectivity index (χ1) is 9.98.